The average Bonchev–Trinajstić information content (AvgIpc) is 3.00. The maximum absolute atomic E-state index is 13.0. The van der Waals surface area contributed by atoms with E-state index in [9.17, 15) is 18.4 Å². The minimum absolute atomic E-state index is 0.179. The van der Waals surface area contributed by atoms with E-state index in [1.165, 1.54) is 6.07 Å². The average molecular weight is 337 g/mol. The molecule has 0 radical (unpaired) electrons. The third-order valence-corrected chi connectivity index (χ3v) is 4.07. The number of alkyl halides is 3. The number of pyridine rings is 1. The van der Waals surface area contributed by atoms with Crippen LogP contribution in [0.25, 0.3) is 27.8 Å². The summed E-state index contributed by atoms with van der Waals surface area (Å²) in [4.78, 5) is 4.29. The number of benzene rings is 2. The molecule has 6 heteroatoms. The molecule has 0 saturated heterocycles. The maximum atomic E-state index is 13.0. The highest BCUT2D eigenvalue weighted by atomic mass is 19.4. The van der Waals surface area contributed by atoms with E-state index in [4.69, 9.17) is 0 Å². The summed E-state index contributed by atoms with van der Waals surface area (Å²) in [5.74, 6) is 0.314. The van der Waals surface area contributed by atoms with Crippen molar-refractivity contribution in [1.82, 2.24) is 9.38 Å². The van der Waals surface area contributed by atoms with Crippen LogP contribution in [0.3, 0.4) is 0 Å². The van der Waals surface area contributed by atoms with E-state index in [0.717, 1.165) is 23.0 Å². The van der Waals surface area contributed by atoms with Gasteiger partial charge in [-0.05, 0) is 29.7 Å². The van der Waals surface area contributed by atoms with Crippen LogP contribution >= 0.6 is 0 Å². The third-order valence-electron chi connectivity index (χ3n) is 4.07. The van der Waals surface area contributed by atoms with Gasteiger partial charge in [-0.25, -0.2) is 4.98 Å². The van der Waals surface area contributed by atoms with Gasteiger partial charge in [0.25, 0.3) is 0 Å². The van der Waals surface area contributed by atoms with Gasteiger partial charge in [0.1, 0.15) is 11.9 Å². The molecule has 0 spiro atoms. The zero-order valence-electron chi connectivity index (χ0n) is 12.7. The van der Waals surface area contributed by atoms with Gasteiger partial charge >= 0.3 is 6.18 Å². The number of halogens is 3. The van der Waals surface area contributed by atoms with Crippen molar-refractivity contribution in [3.63, 3.8) is 0 Å². The smallest absolute Gasteiger partial charge is 0.291 e. The number of fused-ring (bicyclic) bond motifs is 3. The zero-order valence-corrected chi connectivity index (χ0v) is 12.7. The first-order valence-corrected chi connectivity index (χ1v) is 7.47. The standard InChI is InChI=1S/C19H10F3N3/c20-19(21,22)14-6-3-5-13(10-14)18-24-15(11-23)17-9-8-12-4-1-2-7-16(12)25(17)18/h1-10H. The molecule has 3 nitrogen and oxygen atoms in total. The Balaban J connectivity index is 2.09. The number of hydrogen-bond acceptors (Lipinski definition) is 2. The van der Waals surface area contributed by atoms with Crippen LogP contribution in [0.4, 0.5) is 13.2 Å². The van der Waals surface area contributed by atoms with Gasteiger partial charge in [0, 0.05) is 5.56 Å². The molecule has 0 bridgehead atoms. The summed E-state index contributed by atoms with van der Waals surface area (Å²) in [6.07, 6.45) is -4.44. The Hall–Kier alpha value is -3.33. The molecule has 0 amide bonds. The fraction of sp³-hybridized carbons (Fsp3) is 0.0526. The number of hydrogen-bond donors (Lipinski definition) is 0. The number of imidazole rings is 1. The van der Waals surface area contributed by atoms with Gasteiger partial charge < -0.3 is 0 Å². The third kappa shape index (κ3) is 2.41. The Morgan fingerprint density at radius 1 is 0.920 bits per heavy atom. The Morgan fingerprint density at radius 2 is 1.72 bits per heavy atom. The Bertz CT molecular complexity index is 1150. The van der Waals surface area contributed by atoms with Crippen LogP contribution in [0.1, 0.15) is 11.3 Å². The molecule has 0 saturated carbocycles. The topological polar surface area (TPSA) is 41.1 Å². The van der Waals surface area contributed by atoms with Crippen LogP contribution in [-0.4, -0.2) is 9.38 Å². The van der Waals surface area contributed by atoms with Crippen LogP contribution in [0, 0.1) is 11.3 Å². The molecular weight excluding hydrogens is 327 g/mol. The van der Waals surface area contributed by atoms with Crippen LogP contribution in [0.15, 0.2) is 60.7 Å². The van der Waals surface area contributed by atoms with E-state index in [1.807, 2.05) is 36.4 Å². The molecule has 122 valence electrons. The van der Waals surface area contributed by atoms with Gasteiger partial charge in [-0.1, -0.05) is 36.4 Å². The monoisotopic (exact) mass is 337 g/mol. The summed E-state index contributed by atoms with van der Waals surface area (Å²) in [6, 6.07) is 18.1. The van der Waals surface area contributed by atoms with Gasteiger partial charge in [-0.3, -0.25) is 4.40 Å². The van der Waals surface area contributed by atoms with E-state index in [1.54, 1.807) is 16.5 Å². The first-order valence-electron chi connectivity index (χ1n) is 7.47. The minimum atomic E-state index is -4.44. The van der Waals surface area contributed by atoms with Crippen molar-refractivity contribution in [2.75, 3.05) is 0 Å². The summed E-state index contributed by atoms with van der Waals surface area (Å²) < 4.78 is 40.9. The highest BCUT2D eigenvalue weighted by Gasteiger charge is 2.31. The lowest BCUT2D eigenvalue weighted by Crippen LogP contribution is -2.05. The molecule has 0 N–H and O–H groups in total. The summed E-state index contributed by atoms with van der Waals surface area (Å²) in [6.45, 7) is 0. The molecule has 2 aromatic carbocycles. The predicted octanol–water partition coefficient (Wildman–Crippen LogP) is 5.04. The molecule has 4 rings (SSSR count). The van der Waals surface area contributed by atoms with E-state index in [0.29, 0.717) is 16.9 Å². The summed E-state index contributed by atoms with van der Waals surface area (Å²) in [5.41, 5.74) is 1.08. The summed E-state index contributed by atoms with van der Waals surface area (Å²) in [7, 11) is 0. The lowest BCUT2D eigenvalue weighted by Gasteiger charge is -2.09. The Labute approximate surface area is 140 Å². The highest BCUT2D eigenvalue weighted by molar-refractivity contribution is 5.86. The molecule has 0 aliphatic rings. The normalized spacial score (nSPS) is 11.8. The van der Waals surface area contributed by atoms with Gasteiger partial charge in [-0.2, -0.15) is 18.4 Å². The SMILES string of the molecule is N#Cc1nc(-c2cccc(C(F)(F)F)c2)n2c1ccc1ccccc12. The second kappa shape index (κ2) is 5.35. The predicted molar refractivity (Wildman–Crippen MR) is 87.9 cm³/mol. The van der Waals surface area contributed by atoms with Gasteiger partial charge in [0.05, 0.1) is 16.6 Å². The summed E-state index contributed by atoms with van der Waals surface area (Å²) >= 11 is 0. The summed E-state index contributed by atoms with van der Waals surface area (Å²) in [5, 5.41) is 10.3. The minimum Gasteiger partial charge on any atom is -0.291 e. The quantitative estimate of drug-likeness (QED) is 0.488. The highest BCUT2D eigenvalue weighted by Crippen LogP contribution is 2.33. The number of nitrogens with zero attached hydrogens (tertiary/aromatic N) is 3. The van der Waals surface area contributed by atoms with Crippen LogP contribution < -0.4 is 0 Å². The van der Waals surface area contributed by atoms with Crippen molar-refractivity contribution < 1.29 is 13.2 Å². The van der Waals surface area contributed by atoms with Crippen molar-refractivity contribution in [1.29, 1.82) is 5.26 Å². The van der Waals surface area contributed by atoms with Crippen molar-refractivity contribution in [3.05, 3.63) is 71.9 Å². The number of para-hydroxylation sites is 1. The van der Waals surface area contributed by atoms with Gasteiger partial charge in [-0.15, -0.1) is 0 Å². The molecule has 2 heterocycles. The van der Waals surface area contributed by atoms with E-state index in [2.05, 4.69) is 4.98 Å². The lowest BCUT2D eigenvalue weighted by molar-refractivity contribution is -0.137. The number of nitriles is 1. The van der Waals surface area contributed by atoms with Gasteiger partial charge in [0.15, 0.2) is 5.69 Å². The Morgan fingerprint density at radius 3 is 2.48 bits per heavy atom. The van der Waals surface area contributed by atoms with Crippen molar-refractivity contribution in [2.24, 2.45) is 0 Å². The molecule has 4 aromatic rings. The molecule has 2 aromatic heterocycles. The largest absolute Gasteiger partial charge is 0.416 e. The molecule has 0 aliphatic heterocycles. The van der Waals surface area contributed by atoms with Crippen molar-refractivity contribution >= 4 is 16.4 Å². The first kappa shape index (κ1) is 15.2. The van der Waals surface area contributed by atoms with Gasteiger partial charge in [0.2, 0.25) is 0 Å². The van der Waals surface area contributed by atoms with E-state index in [-0.39, 0.29) is 5.69 Å². The van der Waals surface area contributed by atoms with Crippen LogP contribution in [-0.2, 0) is 6.18 Å². The molecule has 0 unspecified atom stereocenters. The van der Waals surface area contributed by atoms with E-state index < -0.39 is 11.7 Å². The molecule has 0 fully saturated rings. The maximum Gasteiger partial charge on any atom is 0.416 e. The fourth-order valence-corrected chi connectivity index (χ4v) is 2.94. The molecule has 0 aliphatic carbocycles. The van der Waals surface area contributed by atoms with E-state index >= 15 is 0 Å². The molecule has 0 atom stereocenters. The van der Waals surface area contributed by atoms with Crippen LogP contribution in [0.2, 0.25) is 0 Å². The number of aromatic nitrogens is 2. The number of rotatable bonds is 1. The van der Waals surface area contributed by atoms with Crippen molar-refractivity contribution in [2.45, 2.75) is 6.18 Å². The lowest BCUT2D eigenvalue weighted by atomic mass is 10.1. The second-order valence-corrected chi connectivity index (χ2v) is 5.59. The first-order chi connectivity index (χ1) is 12.0. The zero-order chi connectivity index (χ0) is 17.6. The molecule has 25 heavy (non-hydrogen) atoms. The van der Waals surface area contributed by atoms with Crippen LogP contribution in [0.5, 0.6) is 0 Å². The fourth-order valence-electron chi connectivity index (χ4n) is 2.94. The molecular formula is C19H10F3N3. The Kier molecular flexibility index (Phi) is 3.25. The second-order valence-electron chi connectivity index (χ2n) is 5.59. The van der Waals surface area contributed by atoms with Crippen molar-refractivity contribution in [3.8, 4) is 17.5 Å².